The fraction of sp³-hybridized carbons (Fsp3) is 0.0714. The molecule has 0 aliphatic rings. The summed E-state index contributed by atoms with van der Waals surface area (Å²) in [6.45, 7) is 1.74. The summed E-state index contributed by atoms with van der Waals surface area (Å²) < 4.78 is 4.90. The van der Waals surface area contributed by atoms with Gasteiger partial charge in [0, 0.05) is 22.0 Å². The molecule has 0 atom stereocenters. The molecule has 8 heteroatoms. The smallest absolute Gasteiger partial charge is 0.296 e. The Morgan fingerprint density at radius 3 is 2.86 bits per heavy atom. The van der Waals surface area contributed by atoms with Crippen LogP contribution in [0.25, 0.3) is 11.3 Å². The Balaban J connectivity index is 1.82. The van der Waals surface area contributed by atoms with Gasteiger partial charge in [0.1, 0.15) is 0 Å². The van der Waals surface area contributed by atoms with Crippen LogP contribution in [0, 0.1) is 6.92 Å². The molecule has 0 radical (unpaired) electrons. The number of aromatic nitrogens is 2. The van der Waals surface area contributed by atoms with Crippen molar-refractivity contribution in [3.05, 3.63) is 51.1 Å². The van der Waals surface area contributed by atoms with Gasteiger partial charge in [-0.05, 0) is 25.1 Å². The van der Waals surface area contributed by atoms with E-state index in [0.717, 1.165) is 0 Å². The number of anilines is 1. The topological polar surface area (TPSA) is 68.0 Å². The lowest BCUT2D eigenvalue weighted by molar-refractivity contribution is 0.0988. The van der Waals surface area contributed by atoms with Gasteiger partial charge in [0.05, 0.1) is 16.4 Å². The van der Waals surface area contributed by atoms with Crippen molar-refractivity contribution in [2.24, 2.45) is 0 Å². The van der Waals surface area contributed by atoms with Gasteiger partial charge in [-0.15, -0.1) is 11.3 Å². The van der Waals surface area contributed by atoms with Gasteiger partial charge in [0.2, 0.25) is 5.76 Å². The fourth-order valence-corrected chi connectivity index (χ4v) is 2.87. The number of nitrogens with zero attached hydrogens (tertiary/aromatic N) is 2. The van der Waals surface area contributed by atoms with E-state index in [1.807, 2.05) is 0 Å². The molecule has 0 aliphatic carbocycles. The van der Waals surface area contributed by atoms with E-state index < -0.39 is 5.91 Å². The van der Waals surface area contributed by atoms with E-state index in [4.69, 9.17) is 27.7 Å². The lowest BCUT2D eigenvalue weighted by atomic mass is 10.2. The predicted molar refractivity (Wildman–Crippen MR) is 86.8 cm³/mol. The molecule has 3 aromatic rings. The minimum Gasteiger partial charge on any atom is -0.351 e. The molecule has 2 aromatic heterocycles. The van der Waals surface area contributed by atoms with Gasteiger partial charge in [-0.1, -0.05) is 28.4 Å². The molecule has 0 saturated heterocycles. The average Bonchev–Trinajstić information content (AvgIpc) is 3.11. The van der Waals surface area contributed by atoms with Crippen LogP contribution in [-0.2, 0) is 0 Å². The van der Waals surface area contributed by atoms with Gasteiger partial charge in [0.15, 0.2) is 5.13 Å². The highest BCUT2D eigenvalue weighted by molar-refractivity contribution is 7.14. The van der Waals surface area contributed by atoms with Gasteiger partial charge < -0.3 is 4.52 Å². The Bertz CT molecular complexity index is 844. The van der Waals surface area contributed by atoms with Crippen LogP contribution in [0.1, 0.15) is 16.2 Å². The molecule has 0 unspecified atom stereocenters. The summed E-state index contributed by atoms with van der Waals surface area (Å²) in [6.07, 6.45) is 0. The van der Waals surface area contributed by atoms with Crippen LogP contribution >= 0.6 is 34.5 Å². The second-order valence-electron chi connectivity index (χ2n) is 4.45. The SMILES string of the molecule is Cc1cc(C(=O)Nc2nc(-c3cc(Cl)ccc3Cl)cs2)on1. The second kappa shape index (κ2) is 6.08. The molecule has 0 bridgehead atoms. The molecule has 0 saturated carbocycles. The van der Waals surface area contributed by atoms with Crippen LogP contribution < -0.4 is 5.32 Å². The maximum Gasteiger partial charge on any atom is 0.296 e. The number of hydrogen-bond donors (Lipinski definition) is 1. The number of rotatable bonds is 3. The molecule has 0 fully saturated rings. The Hall–Kier alpha value is -1.89. The number of halogens is 2. The molecular weight excluding hydrogens is 345 g/mol. The summed E-state index contributed by atoms with van der Waals surface area (Å²) in [5.41, 5.74) is 1.98. The molecule has 1 aromatic carbocycles. The van der Waals surface area contributed by atoms with E-state index in [2.05, 4.69) is 15.5 Å². The Labute approximate surface area is 139 Å². The standard InChI is InChI=1S/C14H9Cl2N3O2S/c1-7-4-12(21-19-7)13(20)18-14-17-11(6-22-14)9-5-8(15)2-3-10(9)16/h2-6H,1H3,(H,17,18,20). The molecular formula is C14H9Cl2N3O2S. The number of hydrogen-bond acceptors (Lipinski definition) is 5. The highest BCUT2D eigenvalue weighted by Gasteiger charge is 2.15. The minimum absolute atomic E-state index is 0.134. The van der Waals surface area contributed by atoms with E-state index in [1.54, 1.807) is 36.6 Å². The Kier molecular flexibility index (Phi) is 4.15. The maximum absolute atomic E-state index is 12.0. The van der Waals surface area contributed by atoms with Crippen molar-refractivity contribution >= 4 is 45.6 Å². The molecule has 3 rings (SSSR count). The second-order valence-corrected chi connectivity index (χ2v) is 6.15. The molecule has 112 valence electrons. The van der Waals surface area contributed by atoms with Gasteiger partial charge in [-0.2, -0.15) is 0 Å². The van der Waals surface area contributed by atoms with Gasteiger partial charge in [-0.25, -0.2) is 4.98 Å². The summed E-state index contributed by atoms with van der Waals surface area (Å²) in [7, 11) is 0. The van der Waals surface area contributed by atoms with Crippen molar-refractivity contribution in [3.8, 4) is 11.3 Å². The van der Waals surface area contributed by atoms with Gasteiger partial charge in [-0.3, -0.25) is 10.1 Å². The van der Waals surface area contributed by atoms with Gasteiger partial charge >= 0.3 is 0 Å². The lowest BCUT2D eigenvalue weighted by Gasteiger charge is -2.01. The zero-order chi connectivity index (χ0) is 15.7. The van der Waals surface area contributed by atoms with Crippen LogP contribution in [0.3, 0.4) is 0 Å². The maximum atomic E-state index is 12.0. The van der Waals surface area contributed by atoms with E-state index >= 15 is 0 Å². The molecule has 22 heavy (non-hydrogen) atoms. The summed E-state index contributed by atoms with van der Waals surface area (Å²) in [5.74, 6) is -0.270. The number of carbonyl (C=O) groups is 1. The highest BCUT2D eigenvalue weighted by atomic mass is 35.5. The number of amides is 1. The third-order valence-corrected chi connectivity index (χ3v) is 4.10. The monoisotopic (exact) mass is 353 g/mol. The molecule has 5 nitrogen and oxygen atoms in total. The van der Waals surface area contributed by atoms with Crippen LogP contribution in [0.2, 0.25) is 10.0 Å². The first-order valence-electron chi connectivity index (χ1n) is 6.18. The van der Waals surface area contributed by atoms with Crippen molar-refractivity contribution in [1.29, 1.82) is 0 Å². The number of aryl methyl sites for hydroxylation is 1. The predicted octanol–water partition coefficient (Wildman–Crippen LogP) is 4.67. The largest absolute Gasteiger partial charge is 0.351 e. The quantitative estimate of drug-likeness (QED) is 0.742. The van der Waals surface area contributed by atoms with E-state index in [0.29, 0.717) is 32.1 Å². The van der Waals surface area contributed by atoms with E-state index in [1.165, 1.54) is 11.3 Å². The molecule has 2 heterocycles. The van der Waals surface area contributed by atoms with Gasteiger partial charge in [0.25, 0.3) is 5.91 Å². The summed E-state index contributed by atoms with van der Waals surface area (Å²) >= 11 is 13.4. The third kappa shape index (κ3) is 3.14. The average molecular weight is 354 g/mol. The first-order chi connectivity index (χ1) is 10.5. The lowest BCUT2D eigenvalue weighted by Crippen LogP contribution is -2.10. The summed E-state index contributed by atoms with van der Waals surface area (Å²) in [5, 5.41) is 9.65. The summed E-state index contributed by atoms with van der Waals surface area (Å²) in [4.78, 5) is 16.3. The van der Waals surface area contributed by atoms with E-state index in [9.17, 15) is 4.79 Å². The van der Waals surface area contributed by atoms with Crippen molar-refractivity contribution in [2.45, 2.75) is 6.92 Å². The van der Waals surface area contributed by atoms with Crippen LogP contribution in [0.4, 0.5) is 5.13 Å². The van der Waals surface area contributed by atoms with Crippen molar-refractivity contribution in [3.63, 3.8) is 0 Å². The first kappa shape index (κ1) is 15.0. The van der Waals surface area contributed by atoms with Crippen molar-refractivity contribution < 1.29 is 9.32 Å². The molecule has 0 aliphatic heterocycles. The zero-order valence-electron chi connectivity index (χ0n) is 11.3. The molecule has 1 N–H and O–H groups in total. The molecule has 1 amide bonds. The normalized spacial score (nSPS) is 10.7. The third-order valence-electron chi connectivity index (χ3n) is 2.78. The zero-order valence-corrected chi connectivity index (χ0v) is 13.6. The Morgan fingerprint density at radius 2 is 2.14 bits per heavy atom. The van der Waals surface area contributed by atoms with Crippen molar-refractivity contribution in [1.82, 2.24) is 10.1 Å². The van der Waals surface area contributed by atoms with Crippen molar-refractivity contribution in [2.75, 3.05) is 5.32 Å². The number of thiazole rings is 1. The number of carbonyl (C=O) groups excluding carboxylic acids is 1. The van der Waals surface area contributed by atoms with E-state index in [-0.39, 0.29) is 5.76 Å². The molecule has 0 spiro atoms. The first-order valence-corrected chi connectivity index (χ1v) is 7.82. The Morgan fingerprint density at radius 1 is 1.32 bits per heavy atom. The van der Waals surface area contributed by atoms with Crippen LogP contribution in [0.5, 0.6) is 0 Å². The summed E-state index contributed by atoms with van der Waals surface area (Å²) in [6, 6.07) is 6.69. The number of benzene rings is 1. The number of nitrogens with one attached hydrogen (secondary N) is 1. The fourth-order valence-electron chi connectivity index (χ4n) is 1.78. The minimum atomic E-state index is -0.404. The van der Waals surface area contributed by atoms with Crippen LogP contribution in [0.15, 0.2) is 34.2 Å². The van der Waals surface area contributed by atoms with Crippen LogP contribution in [-0.4, -0.2) is 16.0 Å². The highest BCUT2D eigenvalue weighted by Crippen LogP contribution is 2.32.